The molecule has 84 valence electrons. The van der Waals surface area contributed by atoms with Gasteiger partial charge < -0.3 is 5.21 Å². The Labute approximate surface area is 99.0 Å². The lowest BCUT2D eigenvalue weighted by Gasteiger charge is -2.02. The summed E-state index contributed by atoms with van der Waals surface area (Å²) in [7, 11) is 0. The molecule has 0 saturated heterocycles. The predicted octanol–water partition coefficient (Wildman–Crippen LogP) is 1.79. The Balaban J connectivity index is 2.57. The molecule has 2 aromatic rings. The highest BCUT2D eigenvalue weighted by molar-refractivity contribution is 5.97. The van der Waals surface area contributed by atoms with Crippen molar-refractivity contribution in [3.63, 3.8) is 0 Å². The summed E-state index contributed by atoms with van der Waals surface area (Å²) in [5.74, 6) is 0. The third-order valence-corrected chi connectivity index (χ3v) is 2.71. The SMILES string of the molecule is Cc1cc[n+](CC(C#N)=NO)c2ccccc12. The summed E-state index contributed by atoms with van der Waals surface area (Å²) in [6.07, 6.45) is 1.89. The van der Waals surface area contributed by atoms with Crippen molar-refractivity contribution in [1.82, 2.24) is 0 Å². The molecule has 2 rings (SSSR count). The van der Waals surface area contributed by atoms with Crippen molar-refractivity contribution in [3.8, 4) is 6.07 Å². The zero-order chi connectivity index (χ0) is 12.3. The maximum Gasteiger partial charge on any atom is 0.221 e. The largest absolute Gasteiger partial charge is 0.410 e. The predicted molar refractivity (Wildman–Crippen MR) is 63.7 cm³/mol. The molecule has 1 heterocycles. The van der Waals surface area contributed by atoms with Crippen LogP contribution < -0.4 is 4.57 Å². The summed E-state index contributed by atoms with van der Waals surface area (Å²) in [5, 5.41) is 21.5. The van der Waals surface area contributed by atoms with Gasteiger partial charge >= 0.3 is 0 Å². The zero-order valence-corrected chi connectivity index (χ0v) is 9.46. The van der Waals surface area contributed by atoms with E-state index in [-0.39, 0.29) is 12.3 Å². The van der Waals surface area contributed by atoms with Crippen LogP contribution in [0, 0.1) is 18.3 Å². The molecule has 1 aromatic heterocycles. The molecular weight excluding hydrogens is 214 g/mol. The van der Waals surface area contributed by atoms with Crippen molar-refractivity contribution >= 4 is 16.6 Å². The molecule has 0 aliphatic heterocycles. The van der Waals surface area contributed by atoms with Crippen molar-refractivity contribution in [3.05, 3.63) is 42.1 Å². The number of benzene rings is 1. The van der Waals surface area contributed by atoms with E-state index in [0.717, 1.165) is 10.9 Å². The minimum atomic E-state index is 0.0870. The van der Waals surface area contributed by atoms with E-state index in [2.05, 4.69) is 5.16 Å². The summed E-state index contributed by atoms with van der Waals surface area (Å²) in [6.45, 7) is 2.31. The maximum absolute atomic E-state index is 8.76. The van der Waals surface area contributed by atoms with Gasteiger partial charge in [0.15, 0.2) is 6.20 Å². The maximum atomic E-state index is 8.76. The number of hydrogen-bond acceptors (Lipinski definition) is 3. The number of oxime groups is 1. The van der Waals surface area contributed by atoms with Crippen LogP contribution in [0.15, 0.2) is 41.7 Å². The van der Waals surface area contributed by atoms with Gasteiger partial charge in [-0.1, -0.05) is 17.3 Å². The first-order valence-electron chi connectivity index (χ1n) is 5.25. The van der Waals surface area contributed by atoms with Crippen LogP contribution in [0.5, 0.6) is 0 Å². The molecule has 0 radical (unpaired) electrons. The van der Waals surface area contributed by atoms with Gasteiger partial charge in [0.05, 0.1) is 0 Å². The van der Waals surface area contributed by atoms with Crippen LogP contribution in [0.25, 0.3) is 10.9 Å². The third-order valence-electron chi connectivity index (χ3n) is 2.71. The zero-order valence-electron chi connectivity index (χ0n) is 9.46. The minimum Gasteiger partial charge on any atom is -0.410 e. The Morgan fingerprint density at radius 3 is 2.88 bits per heavy atom. The van der Waals surface area contributed by atoms with E-state index in [1.807, 2.05) is 54.1 Å². The van der Waals surface area contributed by atoms with E-state index in [9.17, 15) is 0 Å². The molecule has 0 saturated carbocycles. The highest BCUT2D eigenvalue weighted by Gasteiger charge is 2.13. The van der Waals surface area contributed by atoms with Gasteiger partial charge in [0, 0.05) is 17.5 Å². The third kappa shape index (κ3) is 2.08. The number of aryl methyl sites for hydroxylation is 1. The summed E-state index contributed by atoms with van der Waals surface area (Å²) in [6, 6.07) is 11.8. The number of rotatable bonds is 2. The smallest absolute Gasteiger partial charge is 0.221 e. The first-order valence-corrected chi connectivity index (χ1v) is 5.25. The molecule has 0 amide bonds. The Bertz CT molecular complexity index is 626. The van der Waals surface area contributed by atoms with Crippen LogP contribution in [0.2, 0.25) is 0 Å². The fourth-order valence-corrected chi connectivity index (χ4v) is 1.82. The van der Waals surface area contributed by atoms with Crippen molar-refractivity contribution in [2.24, 2.45) is 5.16 Å². The summed E-state index contributed by atoms with van der Waals surface area (Å²) in [5.41, 5.74) is 2.28. The second kappa shape index (κ2) is 4.62. The number of pyridine rings is 1. The number of para-hydroxylation sites is 1. The molecule has 4 heteroatoms. The quantitative estimate of drug-likeness (QED) is 0.367. The van der Waals surface area contributed by atoms with Crippen LogP contribution in [0.4, 0.5) is 0 Å². The van der Waals surface area contributed by atoms with Crippen molar-refractivity contribution in [2.45, 2.75) is 13.5 Å². The van der Waals surface area contributed by atoms with Gasteiger partial charge in [-0.2, -0.15) is 9.83 Å². The molecule has 0 aliphatic carbocycles. The lowest BCUT2D eigenvalue weighted by molar-refractivity contribution is -0.655. The fraction of sp³-hybridized carbons (Fsp3) is 0.154. The first-order chi connectivity index (χ1) is 8.26. The van der Waals surface area contributed by atoms with Crippen LogP contribution in [-0.4, -0.2) is 10.9 Å². The van der Waals surface area contributed by atoms with E-state index in [1.165, 1.54) is 5.56 Å². The van der Waals surface area contributed by atoms with Crippen LogP contribution in [-0.2, 0) is 6.54 Å². The van der Waals surface area contributed by atoms with Gasteiger partial charge in [-0.15, -0.1) is 0 Å². The standard InChI is InChI=1S/C13H11N3O/c1-10-6-7-16(9-11(8-14)15-17)13-5-3-2-4-12(10)13/h2-7H,9H2,1H3/p+1. The average molecular weight is 226 g/mol. The average Bonchev–Trinajstić information content (AvgIpc) is 2.38. The van der Waals surface area contributed by atoms with Gasteiger partial charge in [-0.25, -0.2) is 0 Å². The van der Waals surface area contributed by atoms with Gasteiger partial charge in [-0.3, -0.25) is 0 Å². The van der Waals surface area contributed by atoms with Crippen molar-refractivity contribution in [1.29, 1.82) is 5.26 Å². The van der Waals surface area contributed by atoms with Crippen LogP contribution >= 0.6 is 0 Å². The molecule has 0 fully saturated rings. The highest BCUT2D eigenvalue weighted by atomic mass is 16.4. The Hall–Kier alpha value is -2.41. The number of nitriles is 1. The van der Waals surface area contributed by atoms with Gasteiger partial charge in [0.1, 0.15) is 6.07 Å². The molecule has 1 aromatic carbocycles. The number of fused-ring (bicyclic) bond motifs is 1. The molecule has 4 nitrogen and oxygen atoms in total. The molecule has 17 heavy (non-hydrogen) atoms. The normalized spacial score (nSPS) is 11.4. The minimum absolute atomic E-state index is 0.0870. The topological polar surface area (TPSA) is 60.3 Å². The number of hydrogen-bond donors (Lipinski definition) is 1. The van der Waals surface area contributed by atoms with Crippen molar-refractivity contribution in [2.75, 3.05) is 0 Å². The lowest BCUT2D eigenvalue weighted by atomic mass is 10.1. The molecule has 0 aliphatic rings. The second-order valence-corrected chi connectivity index (χ2v) is 3.80. The van der Waals surface area contributed by atoms with E-state index < -0.39 is 0 Å². The number of aromatic nitrogens is 1. The molecule has 0 spiro atoms. The summed E-state index contributed by atoms with van der Waals surface area (Å²) in [4.78, 5) is 0. The van der Waals surface area contributed by atoms with E-state index in [4.69, 9.17) is 10.5 Å². The summed E-state index contributed by atoms with van der Waals surface area (Å²) >= 11 is 0. The monoisotopic (exact) mass is 226 g/mol. The molecule has 0 unspecified atom stereocenters. The summed E-state index contributed by atoms with van der Waals surface area (Å²) < 4.78 is 1.89. The Kier molecular flexibility index (Phi) is 3.01. The van der Waals surface area contributed by atoms with E-state index in [1.54, 1.807) is 0 Å². The Morgan fingerprint density at radius 2 is 2.18 bits per heavy atom. The molecule has 0 bridgehead atoms. The van der Waals surface area contributed by atoms with Gasteiger partial charge in [0.25, 0.3) is 0 Å². The fourth-order valence-electron chi connectivity index (χ4n) is 1.82. The molecule has 1 N–H and O–H groups in total. The second-order valence-electron chi connectivity index (χ2n) is 3.80. The number of nitrogens with zero attached hydrogens (tertiary/aromatic N) is 3. The van der Waals surface area contributed by atoms with Gasteiger partial charge in [0.2, 0.25) is 17.8 Å². The van der Waals surface area contributed by atoms with E-state index in [0.29, 0.717) is 0 Å². The molecule has 0 atom stereocenters. The van der Waals surface area contributed by atoms with Crippen molar-refractivity contribution < 1.29 is 9.77 Å². The molecular formula is C13H12N3O+. The van der Waals surface area contributed by atoms with Gasteiger partial charge in [-0.05, 0) is 18.6 Å². The Morgan fingerprint density at radius 1 is 1.41 bits per heavy atom. The van der Waals surface area contributed by atoms with Crippen LogP contribution in [0.3, 0.4) is 0 Å². The van der Waals surface area contributed by atoms with Crippen LogP contribution in [0.1, 0.15) is 5.56 Å². The first kappa shape index (κ1) is 11.1. The highest BCUT2D eigenvalue weighted by Crippen LogP contribution is 2.13. The van der Waals surface area contributed by atoms with E-state index >= 15 is 0 Å². The lowest BCUT2D eigenvalue weighted by Crippen LogP contribution is -2.38.